The van der Waals surface area contributed by atoms with Gasteiger partial charge in [-0.2, -0.15) is 0 Å². The Balaban J connectivity index is 0.000000343. The van der Waals surface area contributed by atoms with E-state index in [1.807, 2.05) is 36.7 Å². The minimum atomic E-state index is -1.65. The lowest BCUT2D eigenvalue weighted by atomic mass is 10.3. The van der Waals surface area contributed by atoms with Crippen molar-refractivity contribution in [2.45, 2.75) is 19.6 Å². The molecule has 1 saturated heterocycles. The molecule has 0 unspecified atom stereocenters. The highest BCUT2D eigenvalue weighted by Gasteiger charge is 2.12. The number of thiazole rings is 1. The zero-order valence-electron chi connectivity index (χ0n) is 17.4. The third-order valence-corrected chi connectivity index (χ3v) is 4.73. The molecule has 162 valence electrons. The first-order chi connectivity index (χ1) is 14.4. The van der Waals surface area contributed by atoms with Gasteiger partial charge in [0.05, 0.1) is 19.8 Å². The van der Waals surface area contributed by atoms with Gasteiger partial charge in [0, 0.05) is 42.1 Å². The smallest absolute Gasteiger partial charge is 0.188 e. The molecule has 0 aliphatic carbocycles. The summed E-state index contributed by atoms with van der Waals surface area (Å²) in [6.07, 6.45) is 10.8. The number of rotatable bonds is 7. The van der Waals surface area contributed by atoms with Crippen LogP contribution in [0.4, 0.5) is 16.6 Å². The highest BCUT2D eigenvalue weighted by Crippen LogP contribution is 2.25. The van der Waals surface area contributed by atoms with E-state index in [0.717, 1.165) is 47.8 Å². The average Bonchev–Trinajstić information content (AvgIpc) is 3.19. The zero-order chi connectivity index (χ0) is 21.8. The number of allylic oxidation sites excluding steroid dienone is 2. The summed E-state index contributed by atoms with van der Waals surface area (Å²) in [5.74, 6) is -0.843. The van der Waals surface area contributed by atoms with E-state index < -0.39 is 5.79 Å². The Morgan fingerprint density at radius 3 is 2.77 bits per heavy atom. The maximum absolute atomic E-state index is 8.59. The van der Waals surface area contributed by atoms with Crippen molar-refractivity contribution < 1.29 is 14.9 Å². The second-order valence-electron chi connectivity index (χ2n) is 6.60. The van der Waals surface area contributed by atoms with E-state index in [1.54, 1.807) is 24.3 Å². The van der Waals surface area contributed by atoms with Crippen LogP contribution in [0.3, 0.4) is 0 Å². The Kier molecular flexibility index (Phi) is 9.62. The quantitative estimate of drug-likeness (QED) is 0.352. The van der Waals surface area contributed by atoms with E-state index in [2.05, 4.69) is 31.8 Å². The van der Waals surface area contributed by atoms with Gasteiger partial charge in [-0.05, 0) is 32.2 Å². The average molecular weight is 432 g/mol. The normalized spacial score (nSPS) is 14.6. The molecule has 0 aromatic carbocycles. The van der Waals surface area contributed by atoms with Crippen LogP contribution in [0, 0.1) is 0 Å². The fourth-order valence-electron chi connectivity index (χ4n) is 2.46. The number of anilines is 3. The molecule has 0 atom stereocenters. The van der Waals surface area contributed by atoms with Crippen molar-refractivity contribution in [1.29, 1.82) is 0 Å². The first-order valence-electron chi connectivity index (χ1n) is 9.61. The van der Waals surface area contributed by atoms with Gasteiger partial charge in [-0.3, -0.25) is 4.99 Å². The van der Waals surface area contributed by atoms with Crippen LogP contribution in [-0.2, 0) is 4.74 Å². The standard InChI is InChI=1S/C16H18N4OS.C5H11NO2/c1-2-3-4-14-12-18-16(22-14)19-15-11-13(5-6-17-15)20-7-9-21-10-8-20;1-3-6-4-5(2,7)8/h2-6,11-12H,1,7-10H2,(H,17,18,19);3,7-8H,4H2,1-2H3/b4-3+;. The highest BCUT2D eigenvalue weighted by atomic mass is 32.1. The van der Waals surface area contributed by atoms with Crippen molar-refractivity contribution in [1.82, 2.24) is 9.97 Å². The number of aromatic nitrogens is 2. The number of hydrogen-bond acceptors (Lipinski definition) is 9. The number of pyridine rings is 1. The number of morpholine rings is 1. The molecular weight excluding hydrogens is 402 g/mol. The van der Waals surface area contributed by atoms with E-state index in [0.29, 0.717) is 0 Å². The molecule has 0 saturated carbocycles. The summed E-state index contributed by atoms with van der Waals surface area (Å²) in [5.41, 5.74) is 1.16. The van der Waals surface area contributed by atoms with Crippen molar-refractivity contribution >= 4 is 40.3 Å². The SMILES string of the molecule is C=C/C=C/c1cnc(Nc2cc(N3CCOCC3)ccn2)s1.CC=NCC(C)(O)O. The molecule has 1 aliphatic rings. The molecular formula is C21H29N5O3S. The first-order valence-corrected chi connectivity index (χ1v) is 10.4. The lowest BCUT2D eigenvalue weighted by Gasteiger charge is -2.28. The summed E-state index contributed by atoms with van der Waals surface area (Å²) in [7, 11) is 0. The first kappa shape index (κ1) is 23.7. The molecule has 0 amide bonds. The predicted octanol–water partition coefficient (Wildman–Crippen LogP) is 3.10. The molecule has 9 heteroatoms. The molecule has 1 aliphatic heterocycles. The minimum Gasteiger partial charge on any atom is -0.378 e. The predicted molar refractivity (Wildman–Crippen MR) is 124 cm³/mol. The van der Waals surface area contributed by atoms with Gasteiger partial charge in [0.25, 0.3) is 0 Å². The van der Waals surface area contributed by atoms with Gasteiger partial charge >= 0.3 is 0 Å². The lowest BCUT2D eigenvalue weighted by Crippen LogP contribution is -2.36. The van der Waals surface area contributed by atoms with Crippen molar-refractivity contribution in [3.05, 3.63) is 48.1 Å². The summed E-state index contributed by atoms with van der Waals surface area (Å²) < 4.78 is 5.39. The van der Waals surface area contributed by atoms with E-state index in [4.69, 9.17) is 14.9 Å². The van der Waals surface area contributed by atoms with Crippen LogP contribution in [0.25, 0.3) is 6.08 Å². The third-order valence-electron chi connectivity index (χ3n) is 3.85. The molecule has 2 aromatic heterocycles. The Morgan fingerprint density at radius 1 is 1.37 bits per heavy atom. The van der Waals surface area contributed by atoms with E-state index in [9.17, 15) is 0 Å². The maximum Gasteiger partial charge on any atom is 0.188 e. The van der Waals surface area contributed by atoms with Gasteiger partial charge in [-0.15, -0.1) is 0 Å². The fourth-order valence-corrected chi connectivity index (χ4v) is 3.20. The largest absolute Gasteiger partial charge is 0.378 e. The minimum absolute atomic E-state index is 0.0451. The molecule has 2 aromatic rings. The van der Waals surface area contributed by atoms with Gasteiger partial charge in [0.2, 0.25) is 0 Å². The highest BCUT2D eigenvalue weighted by molar-refractivity contribution is 7.16. The number of aliphatic hydroxyl groups is 2. The number of hydrogen-bond donors (Lipinski definition) is 3. The summed E-state index contributed by atoms with van der Waals surface area (Å²) in [6.45, 7) is 10.1. The Labute approximate surface area is 181 Å². The van der Waals surface area contributed by atoms with Crippen LogP contribution in [0.15, 0.2) is 48.2 Å². The van der Waals surface area contributed by atoms with Crippen molar-refractivity contribution in [2.24, 2.45) is 4.99 Å². The third kappa shape index (κ3) is 8.83. The molecule has 3 N–H and O–H groups in total. The maximum atomic E-state index is 8.59. The summed E-state index contributed by atoms with van der Waals surface area (Å²) in [5, 5.41) is 21.3. The Morgan fingerprint density at radius 2 is 2.13 bits per heavy atom. The van der Waals surface area contributed by atoms with Gasteiger partial charge in [0.1, 0.15) is 5.82 Å². The monoisotopic (exact) mass is 431 g/mol. The molecule has 0 spiro atoms. The molecule has 1 fully saturated rings. The van der Waals surface area contributed by atoms with Crippen LogP contribution >= 0.6 is 11.3 Å². The van der Waals surface area contributed by atoms with Crippen molar-refractivity contribution in [3.8, 4) is 0 Å². The van der Waals surface area contributed by atoms with Crippen LogP contribution < -0.4 is 10.2 Å². The number of ether oxygens (including phenoxy) is 1. The van der Waals surface area contributed by atoms with E-state index >= 15 is 0 Å². The molecule has 3 rings (SSSR count). The summed E-state index contributed by atoms with van der Waals surface area (Å²) >= 11 is 1.58. The summed E-state index contributed by atoms with van der Waals surface area (Å²) in [4.78, 5) is 15.7. The van der Waals surface area contributed by atoms with Gasteiger partial charge in [-0.1, -0.05) is 30.1 Å². The molecule has 30 heavy (non-hydrogen) atoms. The van der Waals surface area contributed by atoms with Crippen LogP contribution in [0.1, 0.15) is 18.7 Å². The van der Waals surface area contributed by atoms with Gasteiger partial charge < -0.3 is 25.2 Å². The van der Waals surface area contributed by atoms with E-state index in [1.165, 1.54) is 13.1 Å². The second kappa shape index (κ2) is 12.2. The number of nitrogens with one attached hydrogen (secondary N) is 1. The topological polar surface area (TPSA) is 103 Å². The van der Waals surface area contributed by atoms with Crippen LogP contribution in [-0.4, -0.2) is 65.0 Å². The van der Waals surface area contributed by atoms with E-state index in [-0.39, 0.29) is 6.54 Å². The van der Waals surface area contributed by atoms with Gasteiger partial charge in [0.15, 0.2) is 10.9 Å². The summed E-state index contributed by atoms with van der Waals surface area (Å²) in [6, 6.07) is 4.07. The van der Waals surface area contributed by atoms with Crippen LogP contribution in [0.5, 0.6) is 0 Å². The molecule has 0 bridgehead atoms. The molecule has 8 nitrogen and oxygen atoms in total. The fraction of sp³-hybridized carbons (Fsp3) is 0.381. The van der Waals surface area contributed by atoms with Crippen LogP contribution in [0.2, 0.25) is 0 Å². The lowest BCUT2D eigenvalue weighted by molar-refractivity contribution is -0.134. The van der Waals surface area contributed by atoms with Gasteiger partial charge in [-0.25, -0.2) is 9.97 Å². The Bertz CT molecular complexity index is 839. The van der Waals surface area contributed by atoms with Crippen molar-refractivity contribution in [3.63, 3.8) is 0 Å². The zero-order valence-corrected chi connectivity index (χ0v) is 18.2. The van der Waals surface area contributed by atoms with Crippen molar-refractivity contribution in [2.75, 3.05) is 43.1 Å². The number of aliphatic imine (C=N–C) groups is 1. The molecule has 3 heterocycles. The second-order valence-corrected chi connectivity index (χ2v) is 7.66. The molecule has 0 radical (unpaired) electrons. The number of nitrogens with zero attached hydrogens (tertiary/aromatic N) is 4. The Hall–Kier alpha value is -2.59.